The van der Waals surface area contributed by atoms with E-state index in [-0.39, 0.29) is 23.4 Å². The third kappa shape index (κ3) is 2.31. The molecule has 1 heterocycles. The molecular weight excluding hydrogens is 332 g/mol. The van der Waals surface area contributed by atoms with Crippen LogP contribution in [0.5, 0.6) is 0 Å². The lowest BCUT2D eigenvalue weighted by molar-refractivity contribution is -0.130. The van der Waals surface area contributed by atoms with Crippen molar-refractivity contribution in [2.45, 2.75) is 64.0 Å². The smallest absolute Gasteiger partial charge is 0.252 e. The van der Waals surface area contributed by atoms with Crippen molar-refractivity contribution in [3.8, 4) is 0 Å². The van der Waals surface area contributed by atoms with Gasteiger partial charge in [-0.3, -0.25) is 9.59 Å². The van der Waals surface area contributed by atoms with Crippen molar-refractivity contribution in [2.75, 3.05) is 0 Å². The summed E-state index contributed by atoms with van der Waals surface area (Å²) in [6.45, 7) is 1.99. The van der Waals surface area contributed by atoms with Crippen LogP contribution in [0.1, 0.15) is 60.9 Å². The predicted octanol–water partition coefficient (Wildman–Crippen LogP) is 3.26. The Bertz CT molecular complexity index is 713. The number of amides is 2. The van der Waals surface area contributed by atoms with Crippen LogP contribution in [-0.4, -0.2) is 23.9 Å². The van der Waals surface area contributed by atoms with E-state index in [9.17, 15) is 9.59 Å². The Morgan fingerprint density at radius 3 is 2.40 bits per heavy atom. The molecular formula is C20H26N2O2S. The summed E-state index contributed by atoms with van der Waals surface area (Å²) in [5, 5.41) is 10.6. The zero-order valence-corrected chi connectivity index (χ0v) is 15.5. The molecule has 1 aromatic heterocycles. The molecule has 0 aromatic carbocycles. The normalized spacial score (nSPS) is 36.9. The summed E-state index contributed by atoms with van der Waals surface area (Å²) in [5.41, 5.74) is 1.98. The van der Waals surface area contributed by atoms with Gasteiger partial charge >= 0.3 is 0 Å². The molecule has 4 aliphatic carbocycles. The van der Waals surface area contributed by atoms with Crippen molar-refractivity contribution >= 4 is 23.2 Å². The first-order chi connectivity index (χ1) is 12.1. The van der Waals surface area contributed by atoms with Gasteiger partial charge in [0, 0.05) is 28.8 Å². The Morgan fingerprint density at radius 2 is 1.80 bits per heavy atom. The Morgan fingerprint density at radius 1 is 1.08 bits per heavy atom. The minimum Gasteiger partial charge on any atom is -0.352 e. The second-order valence-electron chi connectivity index (χ2n) is 8.66. The SMILES string of the molecule is Cc1cscc1C(=O)NC1CC(NC(=O)C2C3CCCC32)C12CCC2. The van der Waals surface area contributed by atoms with Gasteiger partial charge in [-0.25, -0.2) is 0 Å². The fraction of sp³-hybridized carbons (Fsp3) is 0.700. The highest BCUT2D eigenvalue weighted by Gasteiger charge is 2.61. The molecule has 4 fully saturated rings. The van der Waals surface area contributed by atoms with E-state index in [0.717, 1.165) is 30.4 Å². The predicted molar refractivity (Wildman–Crippen MR) is 97.5 cm³/mol. The van der Waals surface area contributed by atoms with Crippen LogP contribution in [0.25, 0.3) is 0 Å². The van der Waals surface area contributed by atoms with Crippen molar-refractivity contribution < 1.29 is 9.59 Å². The van der Waals surface area contributed by atoms with E-state index in [1.54, 1.807) is 11.3 Å². The number of carbonyl (C=O) groups is 2. The molecule has 5 rings (SSSR count). The topological polar surface area (TPSA) is 58.2 Å². The molecule has 4 aliphatic rings. The first-order valence-electron chi connectivity index (χ1n) is 9.74. The standard InChI is InChI=1S/C20H26N2O2S/c1-11-9-25-10-14(11)18(23)21-15-8-16(20(15)6-3-7-20)22-19(24)17-12-4-2-5-13(12)17/h9-10,12-13,15-17H,2-8H2,1H3,(H,21,23)(H,22,24). The lowest BCUT2D eigenvalue weighted by Crippen LogP contribution is -2.71. The van der Waals surface area contributed by atoms with E-state index >= 15 is 0 Å². The Kier molecular flexibility index (Phi) is 3.53. The van der Waals surface area contributed by atoms with E-state index in [1.165, 1.54) is 25.7 Å². The third-order valence-electron chi connectivity index (χ3n) is 7.58. The van der Waals surface area contributed by atoms with E-state index in [4.69, 9.17) is 0 Å². The molecule has 4 atom stereocenters. The molecule has 0 saturated heterocycles. The first-order valence-corrected chi connectivity index (χ1v) is 10.7. The van der Waals surface area contributed by atoms with Gasteiger partial charge in [-0.15, -0.1) is 0 Å². The highest BCUT2D eigenvalue weighted by Crippen LogP contribution is 2.59. The van der Waals surface area contributed by atoms with Crippen LogP contribution in [0, 0.1) is 30.1 Å². The molecule has 4 saturated carbocycles. The maximum atomic E-state index is 12.6. The van der Waals surface area contributed by atoms with Gasteiger partial charge in [0.05, 0.1) is 5.56 Å². The van der Waals surface area contributed by atoms with Gasteiger partial charge in [-0.05, 0) is 61.8 Å². The van der Waals surface area contributed by atoms with E-state index in [1.807, 2.05) is 17.7 Å². The number of hydrogen-bond donors (Lipinski definition) is 2. The second-order valence-corrected chi connectivity index (χ2v) is 9.41. The van der Waals surface area contributed by atoms with Gasteiger partial charge in [0.2, 0.25) is 5.91 Å². The van der Waals surface area contributed by atoms with Crippen molar-refractivity contribution in [1.29, 1.82) is 0 Å². The fourth-order valence-corrected chi connectivity index (χ4v) is 6.61. The molecule has 2 N–H and O–H groups in total. The molecule has 25 heavy (non-hydrogen) atoms. The average molecular weight is 359 g/mol. The van der Waals surface area contributed by atoms with Crippen LogP contribution in [0.15, 0.2) is 10.8 Å². The van der Waals surface area contributed by atoms with Gasteiger partial charge in [0.25, 0.3) is 5.91 Å². The third-order valence-corrected chi connectivity index (χ3v) is 8.44. The zero-order valence-electron chi connectivity index (χ0n) is 14.7. The molecule has 4 nitrogen and oxygen atoms in total. The number of thiophene rings is 1. The summed E-state index contributed by atoms with van der Waals surface area (Å²) >= 11 is 1.58. The van der Waals surface area contributed by atoms with Gasteiger partial charge in [-0.2, -0.15) is 11.3 Å². The van der Waals surface area contributed by atoms with Crippen LogP contribution < -0.4 is 10.6 Å². The van der Waals surface area contributed by atoms with Crippen LogP contribution in [0.4, 0.5) is 0 Å². The molecule has 5 heteroatoms. The average Bonchev–Trinajstić information content (AvgIpc) is 2.86. The van der Waals surface area contributed by atoms with Crippen LogP contribution in [0.3, 0.4) is 0 Å². The Balaban J connectivity index is 1.21. The number of fused-ring (bicyclic) bond motifs is 1. The van der Waals surface area contributed by atoms with Gasteiger partial charge in [-0.1, -0.05) is 12.8 Å². The molecule has 134 valence electrons. The largest absolute Gasteiger partial charge is 0.352 e. The van der Waals surface area contributed by atoms with Crippen LogP contribution in [-0.2, 0) is 4.79 Å². The first kappa shape index (κ1) is 15.9. The van der Waals surface area contributed by atoms with Crippen molar-refractivity contribution in [3.05, 3.63) is 21.9 Å². The molecule has 0 aliphatic heterocycles. The van der Waals surface area contributed by atoms with Crippen molar-refractivity contribution in [1.82, 2.24) is 10.6 Å². The maximum Gasteiger partial charge on any atom is 0.252 e. The monoisotopic (exact) mass is 358 g/mol. The van der Waals surface area contributed by atoms with E-state index in [0.29, 0.717) is 23.7 Å². The molecule has 1 aromatic rings. The summed E-state index contributed by atoms with van der Waals surface area (Å²) in [7, 11) is 0. The minimum atomic E-state index is 0.0523. The zero-order chi connectivity index (χ0) is 17.2. The maximum absolute atomic E-state index is 12.6. The number of aryl methyl sites for hydroxylation is 1. The van der Waals surface area contributed by atoms with Gasteiger partial charge < -0.3 is 10.6 Å². The van der Waals surface area contributed by atoms with E-state index in [2.05, 4.69) is 10.6 Å². The molecule has 0 bridgehead atoms. The quantitative estimate of drug-likeness (QED) is 0.868. The van der Waals surface area contributed by atoms with Gasteiger partial charge in [0.1, 0.15) is 0 Å². The summed E-state index contributed by atoms with van der Waals surface area (Å²) < 4.78 is 0. The Labute approximate surface area is 152 Å². The van der Waals surface area contributed by atoms with E-state index < -0.39 is 0 Å². The van der Waals surface area contributed by atoms with Crippen molar-refractivity contribution in [3.63, 3.8) is 0 Å². The molecule has 4 unspecified atom stereocenters. The molecule has 2 amide bonds. The summed E-state index contributed by atoms with van der Waals surface area (Å²) in [4.78, 5) is 25.2. The number of hydrogen-bond acceptors (Lipinski definition) is 3. The van der Waals surface area contributed by atoms with Crippen LogP contribution >= 0.6 is 11.3 Å². The van der Waals surface area contributed by atoms with Crippen molar-refractivity contribution in [2.24, 2.45) is 23.2 Å². The number of carbonyl (C=O) groups excluding carboxylic acids is 2. The highest BCUT2D eigenvalue weighted by atomic mass is 32.1. The Hall–Kier alpha value is -1.36. The fourth-order valence-electron chi connectivity index (χ4n) is 5.78. The highest BCUT2D eigenvalue weighted by molar-refractivity contribution is 7.08. The summed E-state index contributed by atoms with van der Waals surface area (Å²) in [6, 6.07) is 0.487. The minimum absolute atomic E-state index is 0.0523. The lowest BCUT2D eigenvalue weighted by Gasteiger charge is -2.61. The molecule has 1 spiro atoms. The second kappa shape index (κ2) is 5.57. The summed E-state index contributed by atoms with van der Waals surface area (Å²) in [6.07, 6.45) is 8.16. The number of nitrogens with one attached hydrogen (secondary N) is 2. The summed E-state index contributed by atoms with van der Waals surface area (Å²) in [5.74, 6) is 2.00. The van der Waals surface area contributed by atoms with Crippen LogP contribution in [0.2, 0.25) is 0 Å². The number of rotatable bonds is 4. The molecule has 0 radical (unpaired) electrons. The lowest BCUT2D eigenvalue weighted by atomic mass is 9.49. The van der Waals surface area contributed by atoms with Gasteiger partial charge in [0.15, 0.2) is 0 Å².